The molecule has 1 saturated heterocycles. The normalized spacial score (nSPS) is 17.8. The molecule has 300 valence electrons. The van der Waals surface area contributed by atoms with Crippen LogP contribution in [-0.2, 0) is 29.8 Å². The van der Waals surface area contributed by atoms with Crippen LogP contribution in [0.1, 0.15) is 80.0 Å². The molecule has 2 aliphatic heterocycles. The molecule has 3 aromatic rings. The van der Waals surface area contributed by atoms with Gasteiger partial charge in [-0.25, -0.2) is 23.8 Å². The molecule has 5 rings (SSSR count). The highest BCUT2D eigenvalue weighted by Gasteiger charge is 2.40. The summed E-state index contributed by atoms with van der Waals surface area (Å²) in [7, 11) is -2.09. The highest BCUT2D eigenvalue weighted by atomic mass is 28.4. The molecule has 55 heavy (non-hydrogen) atoms. The van der Waals surface area contributed by atoms with Crippen LogP contribution in [-0.4, -0.2) is 80.2 Å². The molecule has 15 heteroatoms. The summed E-state index contributed by atoms with van der Waals surface area (Å²) < 4.78 is 45.6. The number of pyridine rings is 2. The van der Waals surface area contributed by atoms with E-state index >= 15 is 4.39 Å². The van der Waals surface area contributed by atoms with E-state index in [9.17, 15) is 14.4 Å². The Hall–Kier alpha value is -4.34. The molecular weight excluding hydrogens is 726 g/mol. The number of anilines is 3. The summed E-state index contributed by atoms with van der Waals surface area (Å²) in [5.41, 5.74) is 0.482. The van der Waals surface area contributed by atoms with E-state index in [0.717, 1.165) is 0 Å². The molecule has 0 saturated carbocycles. The van der Waals surface area contributed by atoms with E-state index in [1.54, 1.807) is 64.8 Å². The van der Waals surface area contributed by atoms with Gasteiger partial charge in [-0.3, -0.25) is 20.5 Å². The number of rotatable bonds is 7. The molecule has 2 aliphatic rings. The van der Waals surface area contributed by atoms with Crippen LogP contribution in [0.2, 0.25) is 18.1 Å². The van der Waals surface area contributed by atoms with Gasteiger partial charge in [-0.2, -0.15) is 0 Å². The molecule has 3 amide bonds. The van der Waals surface area contributed by atoms with Crippen molar-refractivity contribution in [3.8, 4) is 11.1 Å². The fraction of sp³-hybridized carbons (Fsp3) is 0.575. The fourth-order valence-corrected chi connectivity index (χ4v) is 7.29. The van der Waals surface area contributed by atoms with Gasteiger partial charge in [0.1, 0.15) is 23.1 Å². The van der Waals surface area contributed by atoms with Crippen molar-refractivity contribution in [3.05, 3.63) is 41.6 Å². The van der Waals surface area contributed by atoms with Crippen LogP contribution >= 0.6 is 0 Å². The van der Waals surface area contributed by atoms with E-state index in [1.807, 2.05) is 6.92 Å². The van der Waals surface area contributed by atoms with Crippen LogP contribution < -0.4 is 15.5 Å². The molecule has 0 aliphatic carbocycles. The first kappa shape index (κ1) is 41.8. The van der Waals surface area contributed by atoms with Crippen molar-refractivity contribution < 1.29 is 42.1 Å². The number of aromatic nitrogens is 2. The molecule has 1 aromatic carbocycles. The number of nitrogens with zero attached hydrogens (tertiary/aromatic N) is 3. The molecule has 4 heterocycles. The average molecular weight is 782 g/mol. The third-order valence-corrected chi connectivity index (χ3v) is 14.4. The van der Waals surface area contributed by atoms with E-state index in [2.05, 4.69) is 49.5 Å². The monoisotopic (exact) mass is 781 g/mol. The van der Waals surface area contributed by atoms with Gasteiger partial charge in [-0.15, -0.1) is 0 Å². The number of fused-ring (bicyclic) bond motifs is 2. The predicted octanol–water partition coefficient (Wildman–Crippen LogP) is 9.36. The number of hydrogen-bond acceptors (Lipinski definition) is 10. The molecule has 13 nitrogen and oxygen atoms in total. The first-order chi connectivity index (χ1) is 25.4. The highest BCUT2D eigenvalue weighted by Crippen LogP contribution is 2.43. The zero-order valence-corrected chi connectivity index (χ0v) is 35.2. The Bertz CT molecular complexity index is 1950. The van der Waals surface area contributed by atoms with E-state index in [0.29, 0.717) is 67.1 Å². The molecule has 1 fully saturated rings. The van der Waals surface area contributed by atoms with Crippen molar-refractivity contribution in [1.29, 1.82) is 0 Å². The number of nitrogens with one attached hydrogen (secondary N) is 2. The van der Waals surface area contributed by atoms with Crippen LogP contribution in [0.5, 0.6) is 0 Å². The lowest BCUT2D eigenvalue weighted by Crippen LogP contribution is -2.47. The summed E-state index contributed by atoms with van der Waals surface area (Å²) in [6.07, 6.45) is 1.59. The highest BCUT2D eigenvalue weighted by molar-refractivity contribution is 6.74. The van der Waals surface area contributed by atoms with Gasteiger partial charge in [0.15, 0.2) is 14.1 Å². The lowest BCUT2D eigenvalue weighted by Gasteiger charge is -2.40. The second-order valence-corrected chi connectivity index (χ2v) is 22.7. The van der Waals surface area contributed by atoms with Crippen LogP contribution in [0.25, 0.3) is 21.9 Å². The molecule has 2 unspecified atom stereocenters. The Morgan fingerprint density at radius 3 is 2.25 bits per heavy atom. The fourth-order valence-electron chi connectivity index (χ4n) is 6.20. The van der Waals surface area contributed by atoms with Gasteiger partial charge < -0.3 is 23.4 Å². The molecule has 0 bridgehead atoms. The van der Waals surface area contributed by atoms with Crippen molar-refractivity contribution in [2.45, 2.75) is 118 Å². The second kappa shape index (κ2) is 15.7. The summed E-state index contributed by atoms with van der Waals surface area (Å²) in [4.78, 5) is 50.4. The largest absolute Gasteiger partial charge is 0.444 e. The Morgan fingerprint density at radius 1 is 0.945 bits per heavy atom. The molecule has 0 radical (unpaired) electrons. The number of benzene rings is 1. The molecule has 0 spiro atoms. The topological polar surface area (TPSA) is 150 Å². The van der Waals surface area contributed by atoms with E-state index < -0.39 is 43.6 Å². The second-order valence-electron chi connectivity index (χ2n) is 17.9. The van der Waals surface area contributed by atoms with E-state index in [4.69, 9.17) is 28.4 Å². The van der Waals surface area contributed by atoms with E-state index in [-0.39, 0.29) is 39.5 Å². The minimum Gasteiger partial charge on any atom is -0.444 e. The first-order valence-electron chi connectivity index (χ1n) is 18.7. The Kier molecular flexibility index (Phi) is 11.9. The van der Waals surface area contributed by atoms with Crippen LogP contribution in [0.3, 0.4) is 0 Å². The van der Waals surface area contributed by atoms with Gasteiger partial charge in [0.2, 0.25) is 0 Å². The van der Waals surface area contributed by atoms with Crippen molar-refractivity contribution in [2.75, 3.05) is 41.9 Å². The SMILES string of the molecule is Cc1c(-c2cc3cc(NC(=O)OC4CCOC4)ncc3c(NC(=O)OC(C)(C)C)c2F)cnc2c1N(C(=O)OC(C)(C)C)CC(CO[Si](C)(C)C(C)(C)C)C2. The van der Waals surface area contributed by atoms with Gasteiger partial charge in [0, 0.05) is 54.4 Å². The predicted molar refractivity (Wildman–Crippen MR) is 213 cm³/mol. The molecule has 2 atom stereocenters. The average Bonchev–Trinajstić information content (AvgIpc) is 3.55. The summed E-state index contributed by atoms with van der Waals surface area (Å²) in [5, 5.41) is 5.94. The number of ether oxygens (including phenoxy) is 4. The minimum absolute atomic E-state index is 0.0103. The minimum atomic E-state index is -2.09. The smallest absolute Gasteiger partial charge is 0.414 e. The number of halogens is 1. The van der Waals surface area contributed by atoms with Crippen molar-refractivity contribution in [1.82, 2.24) is 9.97 Å². The summed E-state index contributed by atoms with van der Waals surface area (Å²) in [5.74, 6) is -0.661. The maximum atomic E-state index is 16.9. The maximum Gasteiger partial charge on any atom is 0.414 e. The van der Waals surface area contributed by atoms with Crippen molar-refractivity contribution in [3.63, 3.8) is 0 Å². The van der Waals surface area contributed by atoms with Crippen LogP contribution in [0.4, 0.5) is 36.0 Å². The molecule has 2 N–H and O–H groups in total. The first-order valence-corrected chi connectivity index (χ1v) is 21.6. The third kappa shape index (κ3) is 10.1. The Morgan fingerprint density at radius 2 is 1.64 bits per heavy atom. The maximum absolute atomic E-state index is 16.9. The van der Waals surface area contributed by atoms with Gasteiger partial charge in [0.05, 0.1) is 30.3 Å². The standard InChI is InChI=1S/C40H56FN5O8Si/c1-23-28(18-42-30-15-24(21-51-55(11,12)40(8,9)10)20-46(34(23)30)37(49)54-39(5,6)7)27-16-25-17-31(44-35(47)52-26-13-14-50-22-26)43-19-29(25)33(32(27)41)45-36(48)53-38(2,3)4/h16-19,24,26H,13-15,20-22H2,1-12H3,(H,45,48)(H,43,44,47). The van der Waals surface area contributed by atoms with Crippen LogP contribution in [0, 0.1) is 18.7 Å². The Balaban J connectivity index is 1.59. The third-order valence-electron chi connectivity index (χ3n) is 9.94. The summed E-state index contributed by atoms with van der Waals surface area (Å²) in [6.45, 7) is 24.9. The number of carbonyl (C=O) groups excluding carboxylic acids is 3. The molecular formula is C40H56FN5O8Si. The quantitative estimate of drug-likeness (QED) is 0.175. The van der Waals surface area contributed by atoms with Crippen LogP contribution in [0.15, 0.2) is 24.5 Å². The number of amides is 3. The lowest BCUT2D eigenvalue weighted by molar-refractivity contribution is 0.0563. The van der Waals surface area contributed by atoms with Gasteiger partial charge >= 0.3 is 18.3 Å². The molecule has 2 aromatic heterocycles. The zero-order chi connectivity index (χ0) is 40.7. The summed E-state index contributed by atoms with van der Waals surface area (Å²) in [6, 6.07) is 3.16. The van der Waals surface area contributed by atoms with Crippen molar-refractivity contribution >= 4 is 54.6 Å². The van der Waals surface area contributed by atoms with Gasteiger partial charge in [0.25, 0.3) is 0 Å². The summed E-state index contributed by atoms with van der Waals surface area (Å²) >= 11 is 0. The van der Waals surface area contributed by atoms with Gasteiger partial charge in [-0.1, -0.05) is 20.8 Å². The zero-order valence-electron chi connectivity index (χ0n) is 34.2. The van der Waals surface area contributed by atoms with E-state index in [1.165, 1.54) is 6.20 Å². The van der Waals surface area contributed by atoms with Gasteiger partial charge in [-0.05, 0) is 96.1 Å². The lowest BCUT2D eigenvalue weighted by atomic mass is 9.91. The number of carbonyl (C=O) groups is 3. The van der Waals surface area contributed by atoms with Crippen molar-refractivity contribution in [2.24, 2.45) is 5.92 Å². The number of hydrogen-bond donors (Lipinski definition) is 2. The Labute approximate surface area is 324 Å².